The molecule has 166 valence electrons. The van der Waals surface area contributed by atoms with E-state index in [1.54, 1.807) is 0 Å². The van der Waals surface area contributed by atoms with Crippen molar-refractivity contribution in [2.24, 2.45) is 5.92 Å². The highest BCUT2D eigenvalue weighted by Crippen LogP contribution is 2.40. The Balaban J connectivity index is 1.67. The summed E-state index contributed by atoms with van der Waals surface area (Å²) in [7, 11) is 0. The van der Waals surface area contributed by atoms with E-state index in [4.69, 9.17) is 0 Å². The van der Waals surface area contributed by atoms with Crippen LogP contribution in [0.15, 0.2) is 103 Å². The molecule has 0 radical (unpaired) electrons. The molecule has 0 amide bonds. The van der Waals surface area contributed by atoms with Crippen LogP contribution in [0, 0.1) is 5.92 Å². The SMILES string of the molecule is C=C1C(c2ccccc2)=[N+](C2CCCCC2)C[C@H](C(=O)c2ccccc2)[C@@H]1c1ccccc1. The minimum absolute atomic E-state index is 0.0334. The zero-order chi connectivity index (χ0) is 22.6. The van der Waals surface area contributed by atoms with E-state index in [1.165, 1.54) is 48.9 Å². The van der Waals surface area contributed by atoms with E-state index in [2.05, 4.69) is 65.8 Å². The second-order valence-corrected chi connectivity index (χ2v) is 9.41. The van der Waals surface area contributed by atoms with Crippen molar-refractivity contribution in [2.45, 2.75) is 44.1 Å². The number of carbonyl (C=O) groups excluding carboxylic acids is 1. The molecule has 0 saturated heterocycles. The van der Waals surface area contributed by atoms with Crippen molar-refractivity contribution in [3.05, 3.63) is 120 Å². The maximum absolute atomic E-state index is 13.9. The number of carbonyl (C=O) groups is 1. The van der Waals surface area contributed by atoms with Crippen LogP contribution in [0.25, 0.3) is 0 Å². The first-order valence-electron chi connectivity index (χ1n) is 12.3. The van der Waals surface area contributed by atoms with Gasteiger partial charge in [-0.2, -0.15) is 0 Å². The molecule has 33 heavy (non-hydrogen) atoms. The average Bonchev–Trinajstić information content (AvgIpc) is 2.89. The summed E-state index contributed by atoms with van der Waals surface area (Å²) in [4.78, 5) is 13.9. The van der Waals surface area contributed by atoms with Gasteiger partial charge in [-0.3, -0.25) is 4.79 Å². The standard InChI is InChI=1S/C31H32NO/c1-23-29(24-14-6-2-7-15-24)28(31(33)26-18-10-4-11-19-26)22-32(27-20-12-5-13-21-27)30(23)25-16-8-3-9-17-25/h2-4,6-11,14-19,27-29H,1,5,12-13,20-22H2/q+1/t28-,29-/m0/s1. The van der Waals surface area contributed by atoms with Gasteiger partial charge in [0, 0.05) is 35.5 Å². The summed E-state index contributed by atoms with van der Waals surface area (Å²) in [6, 6.07) is 31.4. The van der Waals surface area contributed by atoms with Gasteiger partial charge in [-0.15, -0.1) is 0 Å². The van der Waals surface area contributed by atoms with Crippen molar-refractivity contribution >= 4 is 11.5 Å². The zero-order valence-corrected chi connectivity index (χ0v) is 19.2. The third-order valence-electron chi connectivity index (χ3n) is 7.38. The molecule has 2 heteroatoms. The average molecular weight is 435 g/mol. The van der Waals surface area contributed by atoms with E-state index in [0.29, 0.717) is 6.04 Å². The molecule has 3 aromatic carbocycles. The number of ketones is 1. The second kappa shape index (κ2) is 9.70. The predicted octanol–water partition coefficient (Wildman–Crippen LogP) is 6.67. The molecule has 2 nitrogen and oxygen atoms in total. The molecule has 1 aliphatic heterocycles. The van der Waals surface area contributed by atoms with E-state index < -0.39 is 0 Å². The fourth-order valence-electron chi connectivity index (χ4n) is 5.80. The van der Waals surface area contributed by atoms with Gasteiger partial charge in [0.1, 0.15) is 0 Å². The molecular weight excluding hydrogens is 402 g/mol. The number of rotatable bonds is 5. The Bertz CT molecular complexity index is 1140. The molecule has 0 aromatic heterocycles. The fraction of sp³-hybridized carbons (Fsp3) is 0.290. The van der Waals surface area contributed by atoms with Crippen LogP contribution in [0.5, 0.6) is 0 Å². The van der Waals surface area contributed by atoms with E-state index in [9.17, 15) is 4.79 Å². The van der Waals surface area contributed by atoms with Gasteiger partial charge in [0.05, 0.1) is 5.92 Å². The molecule has 0 spiro atoms. The number of hydrogen-bond acceptors (Lipinski definition) is 1. The van der Waals surface area contributed by atoms with Gasteiger partial charge < -0.3 is 0 Å². The first kappa shape index (κ1) is 21.6. The Hall–Kier alpha value is -3.26. The van der Waals surface area contributed by atoms with Crippen molar-refractivity contribution in [1.82, 2.24) is 0 Å². The van der Waals surface area contributed by atoms with Crippen molar-refractivity contribution in [1.29, 1.82) is 0 Å². The third-order valence-corrected chi connectivity index (χ3v) is 7.38. The van der Waals surface area contributed by atoms with Crippen LogP contribution in [0.4, 0.5) is 0 Å². The van der Waals surface area contributed by atoms with Crippen LogP contribution in [0.2, 0.25) is 0 Å². The molecule has 1 fully saturated rings. The monoisotopic (exact) mass is 434 g/mol. The summed E-state index contributed by atoms with van der Waals surface area (Å²) >= 11 is 0. The summed E-state index contributed by atoms with van der Waals surface area (Å²) in [5.74, 6) is 0.0316. The maximum atomic E-state index is 13.9. The molecule has 3 aromatic rings. The highest BCUT2D eigenvalue weighted by Gasteiger charge is 2.45. The number of Topliss-reactive ketones (excluding diaryl/α,β-unsaturated/α-hetero) is 1. The number of benzene rings is 3. The predicted molar refractivity (Wildman–Crippen MR) is 135 cm³/mol. The van der Waals surface area contributed by atoms with Crippen LogP contribution < -0.4 is 0 Å². The summed E-state index contributed by atoms with van der Waals surface area (Å²) in [5.41, 5.74) is 5.48. The molecule has 1 saturated carbocycles. The lowest BCUT2D eigenvalue weighted by Gasteiger charge is -2.35. The van der Waals surface area contributed by atoms with Gasteiger partial charge in [-0.1, -0.05) is 91.9 Å². The normalized spacial score (nSPS) is 21.8. The highest BCUT2D eigenvalue weighted by molar-refractivity contribution is 6.12. The van der Waals surface area contributed by atoms with Gasteiger partial charge in [-0.05, 0) is 30.5 Å². The van der Waals surface area contributed by atoms with Crippen molar-refractivity contribution in [2.75, 3.05) is 6.54 Å². The van der Waals surface area contributed by atoms with Crippen LogP contribution in [0.1, 0.15) is 59.5 Å². The second-order valence-electron chi connectivity index (χ2n) is 9.41. The van der Waals surface area contributed by atoms with Crippen molar-refractivity contribution in [3.8, 4) is 0 Å². The van der Waals surface area contributed by atoms with E-state index in [-0.39, 0.29) is 17.6 Å². The van der Waals surface area contributed by atoms with Gasteiger partial charge >= 0.3 is 0 Å². The molecule has 0 bridgehead atoms. The molecule has 2 atom stereocenters. The van der Waals surface area contributed by atoms with E-state index in [0.717, 1.165) is 17.7 Å². The summed E-state index contributed by atoms with van der Waals surface area (Å²) in [5, 5.41) is 0. The first-order valence-corrected chi connectivity index (χ1v) is 12.3. The number of nitrogens with zero attached hydrogens (tertiary/aromatic N) is 1. The summed E-state index contributed by atoms with van der Waals surface area (Å²) in [6.45, 7) is 5.41. The topological polar surface area (TPSA) is 20.1 Å². The summed E-state index contributed by atoms with van der Waals surface area (Å²) in [6.07, 6.45) is 6.20. The molecule has 0 N–H and O–H groups in total. The number of hydrogen-bond donors (Lipinski definition) is 0. The van der Waals surface area contributed by atoms with Crippen LogP contribution in [-0.2, 0) is 0 Å². The van der Waals surface area contributed by atoms with E-state index in [1.807, 2.05) is 36.4 Å². The Morgan fingerprint density at radius 1 is 0.758 bits per heavy atom. The minimum Gasteiger partial charge on any atom is -0.294 e. The lowest BCUT2D eigenvalue weighted by Crippen LogP contribution is -2.46. The first-order chi connectivity index (χ1) is 16.2. The highest BCUT2D eigenvalue weighted by atomic mass is 16.1. The van der Waals surface area contributed by atoms with Crippen LogP contribution in [-0.4, -0.2) is 28.7 Å². The molecule has 0 unspecified atom stereocenters. The lowest BCUT2D eigenvalue weighted by atomic mass is 9.72. The lowest BCUT2D eigenvalue weighted by molar-refractivity contribution is -0.576. The van der Waals surface area contributed by atoms with Crippen molar-refractivity contribution in [3.63, 3.8) is 0 Å². The van der Waals surface area contributed by atoms with Gasteiger partial charge in [0.2, 0.25) is 5.71 Å². The Kier molecular flexibility index (Phi) is 6.35. The fourth-order valence-corrected chi connectivity index (χ4v) is 5.80. The Morgan fingerprint density at radius 2 is 1.33 bits per heavy atom. The Morgan fingerprint density at radius 3 is 1.97 bits per heavy atom. The maximum Gasteiger partial charge on any atom is 0.210 e. The molecule has 5 rings (SSSR count). The van der Waals surface area contributed by atoms with E-state index >= 15 is 0 Å². The third kappa shape index (κ3) is 4.35. The van der Waals surface area contributed by atoms with Gasteiger partial charge in [0.25, 0.3) is 0 Å². The van der Waals surface area contributed by atoms with Gasteiger partial charge in [0.15, 0.2) is 18.4 Å². The molecule has 1 aliphatic carbocycles. The largest absolute Gasteiger partial charge is 0.294 e. The quantitative estimate of drug-likeness (QED) is 0.324. The van der Waals surface area contributed by atoms with Crippen molar-refractivity contribution < 1.29 is 9.37 Å². The molecule has 1 heterocycles. The minimum atomic E-state index is -0.156. The zero-order valence-electron chi connectivity index (χ0n) is 19.2. The molecular formula is C31H32NO+. The van der Waals surface area contributed by atoms with Crippen LogP contribution in [0.3, 0.4) is 0 Å². The van der Waals surface area contributed by atoms with Crippen LogP contribution >= 0.6 is 0 Å². The Labute approximate surface area is 197 Å². The van der Waals surface area contributed by atoms with Gasteiger partial charge in [-0.25, -0.2) is 4.58 Å². The summed E-state index contributed by atoms with van der Waals surface area (Å²) < 4.78 is 2.54. The smallest absolute Gasteiger partial charge is 0.210 e. The molecule has 2 aliphatic rings. The number of allylic oxidation sites excluding steroid dienone is 1.